The Balaban J connectivity index is 1.63. The van der Waals surface area contributed by atoms with Crippen LogP contribution in [0.1, 0.15) is 23.8 Å². The highest BCUT2D eigenvalue weighted by Crippen LogP contribution is 2.24. The zero-order chi connectivity index (χ0) is 17.8. The Kier molecular flexibility index (Phi) is 5.07. The number of hydrogen-bond acceptors (Lipinski definition) is 5. The molecule has 0 saturated heterocycles. The summed E-state index contributed by atoms with van der Waals surface area (Å²) >= 11 is 0. The summed E-state index contributed by atoms with van der Waals surface area (Å²) in [5, 5.41) is 0. The van der Waals surface area contributed by atoms with Gasteiger partial charge in [0, 0.05) is 19.2 Å². The summed E-state index contributed by atoms with van der Waals surface area (Å²) in [4.78, 5) is 25.9. The standard InChI is InChI=1S/C19H21NO5/c1-3-23-16-5-4-15-11-20(8-6-14(15)10-16)18(22)12-25-19-13(2)24-9-7-17(19)21/h4-5,7,9-10H,3,6,8,11-12H2,1-2H3. The van der Waals surface area contributed by atoms with E-state index in [-0.39, 0.29) is 23.7 Å². The fourth-order valence-corrected chi connectivity index (χ4v) is 2.90. The lowest BCUT2D eigenvalue weighted by Crippen LogP contribution is -2.39. The van der Waals surface area contributed by atoms with Gasteiger partial charge in [-0.3, -0.25) is 9.59 Å². The van der Waals surface area contributed by atoms with Gasteiger partial charge in [-0.05, 0) is 43.5 Å². The first-order valence-corrected chi connectivity index (χ1v) is 8.32. The molecule has 25 heavy (non-hydrogen) atoms. The van der Waals surface area contributed by atoms with E-state index >= 15 is 0 Å². The van der Waals surface area contributed by atoms with Gasteiger partial charge < -0.3 is 18.8 Å². The van der Waals surface area contributed by atoms with E-state index < -0.39 is 0 Å². The van der Waals surface area contributed by atoms with Crippen molar-refractivity contribution in [3.63, 3.8) is 0 Å². The molecule has 0 bridgehead atoms. The fourth-order valence-electron chi connectivity index (χ4n) is 2.90. The van der Waals surface area contributed by atoms with Gasteiger partial charge in [-0.1, -0.05) is 6.07 Å². The van der Waals surface area contributed by atoms with Crippen molar-refractivity contribution in [2.75, 3.05) is 19.8 Å². The molecule has 0 atom stereocenters. The molecule has 0 saturated carbocycles. The Hall–Kier alpha value is -2.76. The average Bonchev–Trinajstić information content (AvgIpc) is 2.61. The van der Waals surface area contributed by atoms with E-state index in [1.807, 2.05) is 25.1 Å². The number of fused-ring (bicyclic) bond motifs is 1. The van der Waals surface area contributed by atoms with Crippen molar-refractivity contribution in [2.24, 2.45) is 0 Å². The molecule has 2 aromatic rings. The lowest BCUT2D eigenvalue weighted by Gasteiger charge is -2.29. The minimum atomic E-state index is -0.288. The second kappa shape index (κ2) is 7.42. The number of rotatable bonds is 5. The lowest BCUT2D eigenvalue weighted by molar-refractivity contribution is -0.134. The summed E-state index contributed by atoms with van der Waals surface area (Å²) in [6.45, 7) is 5.19. The summed E-state index contributed by atoms with van der Waals surface area (Å²) in [5.41, 5.74) is 2.03. The molecule has 0 fully saturated rings. The minimum Gasteiger partial charge on any atom is -0.494 e. The summed E-state index contributed by atoms with van der Waals surface area (Å²) in [5.74, 6) is 1.17. The number of carbonyl (C=O) groups excluding carboxylic acids is 1. The highest BCUT2D eigenvalue weighted by Gasteiger charge is 2.22. The van der Waals surface area contributed by atoms with Gasteiger partial charge in [0.05, 0.1) is 12.9 Å². The van der Waals surface area contributed by atoms with Gasteiger partial charge in [-0.2, -0.15) is 0 Å². The van der Waals surface area contributed by atoms with E-state index in [9.17, 15) is 9.59 Å². The zero-order valence-electron chi connectivity index (χ0n) is 14.4. The third-order valence-electron chi connectivity index (χ3n) is 4.20. The van der Waals surface area contributed by atoms with Crippen LogP contribution < -0.4 is 14.9 Å². The smallest absolute Gasteiger partial charge is 0.260 e. The molecule has 1 aromatic heterocycles. The first kappa shape index (κ1) is 17.1. The van der Waals surface area contributed by atoms with Gasteiger partial charge in [0.2, 0.25) is 11.2 Å². The maximum absolute atomic E-state index is 12.4. The minimum absolute atomic E-state index is 0.0922. The Bertz CT molecular complexity index is 827. The fraction of sp³-hybridized carbons (Fsp3) is 0.368. The molecule has 1 aromatic carbocycles. The average molecular weight is 343 g/mol. The van der Waals surface area contributed by atoms with Crippen LogP contribution in [0, 0.1) is 6.92 Å². The number of benzene rings is 1. The van der Waals surface area contributed by atoms with Crippen molar-refractivity contribution >= 4 is 5.91 Å². The maximum Gasteiger partial charge on any atom is 0.260 e. The molecular formula is C19H21NO5. The van der Waals surface area contributed by atoms with Crippen LogP contribution in [-0.4, -0.2) is 30.6 Å². The topological polar surface area (TPSA) is 69.0 Å². The quantitative estimate of drug-likeness (QED) is 0.833. The van der Waals surface area contributed by atoms with E-state index in [4.69, 9.17) is 13.9 Å². The van der Waals surface area contributed by atoms with E-state index in [0.29, 0.717) is 25.5 Å². The van der Waals surface area contributed by atoms with Crippen LogP contribution in [0.25, 0.3) is 0 Å². The van der Waals surface area contributed by atoms with E-state index in [0.717, 1.165) is 17.7 Å². The molecular weight excluding hydrogens is 322 g/mol. The molecule has 3 rings (SSSR count). The first-order valence-electron chi connectivity index (χ1n) is 8.32. The predicted molar refractivity (Wildman–Crippen MR) is 91.9 cm³/mol. The van der Waals surface area contributed by atoms with Crippen molar-refractivity contribution in [1.29, 1.82) is 0 Å². The summed E-state index contributed by atoms with van der Waals surface area (Å²) in [6, 6.07) is 7.23. The van der Waals surface area contributed by atoms with Crippen LogP contribution in [-0.2, 0) is 17.8 Å². The monoisotopic (exact) mass is 343 g/mol. The third-order valence-corrected chi connectivity index (χ3v) is 4.20. The molecule has 0 unspecified atom stereocenters. The largest absolute Gasteiger partial charge is 0.494 e. The van der Waals surface area contributed by atoms with E-state index in [2.05, 4.69) is 0 Å². The van der Waals surface area contributed by atoms with Crippen molar-refractivity contribution < 1.29 is 18.7 Å². The number of nitrogens with zero attached hydrogens (tertiary/aromatic N) is 1. The Morgan fingerprint density at radius 2 is 2.08 bits per heavy atom. The second-order valence-electron chi connectivity index (χ2n) is 5.89. The predicted octanol–water partition coefficient (Wildman–Crippen LogP) is 2.31. The van der Waals surface area contributed by atoms with Crippen molar-refractivity contribution in [3.8, 4) is 11.5 Å². The summed E-state index contributed by atoms with van der Waals surface area (Å²) in [6.07, 6.45) is 2.08. The molecule has 6 heteroatoms. The zero-order valence-corrected chi connectivity index (χ0v) is 14.4. The molecule has 0 N–H and O–H groups in total. The van der Waals surface area contributed by atoms with Crippen LogP contribution in [0.4, 0.5) is 0 Å². The van der Waals surface area contributed by atoms with Crippen LogP contribution >= 0.6 is 0 Å². The highest BCUT2D eigenvalue weighted by molar-refractivity contribution is 5.78. The molecule has 6 nitrogen and oxygen atoms in total. The van der Waals surface area contributed by atoms with Crippen LogP contribution in [0.3, 0.4) is 0 Å². The van der Waals surface area contributed by atoms with Gasteiger partial charge in [-0.25, -0.2) is 0 Å². The van der Waals surface area contributed by atoms with E-state index in [1.165, 1.54) is 17.9 Å². The van der Waals surface area contributed by atoms with Crippen molar-refractivity contribution in [2.45, 2.75) is 26.8 Å². The van der Waals surface area contributed by atoms with E-state index in [1.54, 1.807) is 11.8 Å². The van der Waals surface area contributed by atoms with Gasteiger partial charge in [0.15, 0.2) is 6.61 Å². The second-order valence-corrected chi connectivity index (χ2v) is 5.89. The molecule has 132 valence electrons. The molecule has 0 aliphatic carbocycles. The summed E-state index contributed by atoms with van der Waals surface area (Å²) in [7, 11) is 0. The van der Waals surface area contributed by atoms with Gasteiger partial charge in [-0.15, -0.1) is 0 Å². The molecule has 1 aliphatic rings. The van der Waals surface area contributed by atoms with Crippen molar-refractivity contribution in [1.82, 2.24) is 4.90 Å². The number of hydrogen-bond donors (Lipinski definition) is 0. The third kappa shape index (κ3) is 3.84. The Morgan fingerprint density at radius 3 is 2.84 bits per heavy atom. The normalized spacial score (nSPS) is 13.3. The van der Waals surface area contributed by atoms with Crippen LogP contribution in [0.15, 0.2) is 39.7 Å². The summed E-state index contributed by atoms with van der Waals surface area (Å²) < 4.78 is 16.1. The lowest BCUT2D eigenvalue weighted by atomic mass is 9.99. The number of ether oxygens (including phenoxy) is 2. The van der Waals surface area contributed by atoms with Gasteiger partial charge in [0.25, 0.3) is 5.91 Å². The van der Waals surface area contributed by atoms with Crippen LogP contribution in [0.2, 0.25) is 0 Å². The SMILES string of the molecule is CCOc1ccc2c(c1)CCN(C(=O)COc1c(C)occc1=O)C2. The van der Waals surface area contributed by atoms with Gasteiger partial charge >= 0.3 is 0 Å². The van der Waals surface area contributed by atoms with Crippen LogP contribution in [0.5, 0.6) is 11.5 Å². The van der Waals surface area contributed by atoms with Crippen molar-refractivity contribution in [3.05, 3.63) is 57.6 Å². The maximum atomic E-state index is 12.4. The molecule has 1 amide bonds. The van der Waals surface area contributed by atoms with Gasteiger partial charge in [0.1, 0.15) is 11.5 Å². The molecule has 0 radical (unpaired) electrons. The molecule has 0 spiro atoms. The molecule has 1 aliphatic heterocycles. The number of aryl methyl sites for hydroxylation is 1. The highest BCUT2D eigenvalue weighted by atomic mass is 16.5. The molecule has 2 heterocycles. The number of carbonyl (C=O) groups is 1. The Labute approximate surface area is 146 Å². The number of amides is 1. The first-order chi connectivity index (χ1) is 12.1. The Morgan fingerprint density at radius 1 is 1.24 bits per heavy atom.